The molecule has 1 heterocycles. The number of halogens is 1. The number of aromatic nitrogens is 2. The molecule has 0 aliphatic rings. The molecule has 0 atom stereocenters. The van der Waals surface area contributed by atoms with E-state index in [0.29, 0.717) is 5.56 Å². The SMILES string of the molecule is ON=Cc1cncnc1Cl. The molecular formula is C5H4ClN3O. The maximum absolute atomic E-state index is 8.10. The first-order chi connectivity index (χ1) is 4.84. The van der Waals surface area contributed by atoms with Crippen molar-refractivity contribution in [2.24, 2.45) is 5.16 Å². The molecule has 0 saturated carbocycles. The van der Waals surface area contributed by atoms with Crippen LogP contribution in [0, 0.1) is 0 Å². The lowest BCUT2D eigenvalue weighted by molar-refractivity contribution is 0.322. The first-order valence-electron chi connectivity index (χ1n) is 2.47. The molecule has 10 heavy (non-hydrogen) atoms. The molecule has 5 heteroatoms. The van der Waals surface area contributed by atoms with Gasteiger partial charge in [0.15, 0.2) is 0 Å². The molecule has 1 aromatic heterocycles. The van der Waals surface area contributed by atoms with Gasteiger partial charge in [0, 0.05) is 6.20 Å². The maximum Gasteiger partial charge on any atom is 0.141 e. The molecule has 4 nitrogen and oxygen atoms in total. The minimum absolute atomic E-state index is 0.271. The van der Waals surface area contributed by atoms with Crippen LogP contribution in [0.3, 0.4) is 0 Å². The molecule has 0 spiro atoms. The van der Waals surface area contributed by atoms with Crippen molar-refractivity contribution in [3.8, 4) is 0 Å². The Labute approximate surface area is 62.2 Å². The zero-order valence-electron chi connectivity index (χ0n) is 4.90. The summed E-state index contributed by atoms with van der Waals surface area (Å²) in [6, 6.07) is 0. The lowest BCUT2D eigenvalue weighted by Crippen LogP contribution is -1.87. The van der Waals surface area contributed by atoms with Gasteiger partial charge in [-0.3, -0.25) is 0 Å². The Morgan fingerprint density at radius 1 is 1.70 bits per heavy atom. The van der Waals surface area contributed by atoms with Gasteiger partial charge in [-0.1, -0.05) is 16.8 Å². The van der Waals surface area contributed by atoms with Crippen molar-refractivity contribution in [2.75, 3.05) is 0 Å². The molecule has 0 fully saturated rings. The fourth-order valence-corrected chi connectivity index (χ4v) is 0.615. The Morgan fingerprint density at radius 3 is 3.10 bits per heavy atom. The van der Waals surface area contributed by atoms with Crippen molar-refractivity contribution in [3.05, 3.63) is 23.2 Å². The molecule has 1 rings (SSSR count). The Kier molecular flexibility index (Phi) is 2.17. The Morgan fingerprint density at radius 2 is 2.50 bits per heavy atom. The number of hydrogen-bond donors (Lipinski definition) is 1. The summed E-state index contributed by atoms with van der Waals surface area (Å²) in [6.45, 7) is 0. The number of nitrogens with zero attached hydrogens (tertiary/aromatic N) is 3. The monoisotopic (exact) mass is 157 g/mol. The van der Waals surface area contributed by atoms with Gasteiger partial charge in [-0.25, -0.2) is 9.97 Å². The summed E-state index contributed by atoms with van der Waals surface area (Å²) >= 11 is 5.55. The predicted molar refractivity (Wildman–Crippen MR) is 36.4 cm³/mol. The van der Waals surface area contributed by atoms with Crippen LogP contribution in [0.4, 0.5) is 0 Å². The summed E-state index contributed by atoms with van der Waals surface area (Å²) in [5, 5.41) is 11.1. The molecule has 1 N–H and O–H groups in total. The van der Waals surface area contributed by atoms with E-state index < -0.39 is 0 Å². The molecule has 0 unspecified atom stereocenters. The van der Waals surface area contributed by atoms with Crippen molar-refractivity contribution in [2.45, 2.75) is 0 Å². The second-order valence-corrected chi connectivity index (χ2v) is 1.87. The van der Waals surface area contributed by atoms with E-state index in [0.717, 1.165) is 0 Å². The molecular weight excluding hydrogens is 154 g/mol. The molecule has 0 saturated heterocycles. The van der Waals surface area contributed by atoms with Crippen LogP contribution in [0.15, 0.2) is 17.7 Å². The molecule has 0 aliphatic heterocycles. The molecule has 1 aromatic rings. The largest absolute Gasteiger partial charge is 0.411 e. The van der Waals surface area contributed by atoms with Crippen molar-refractivity contribution < 1.29 is 5.21 Å². The van der Waals surface area contributed by atoms with E-state index in [9.17, 15) is 0 Å². The smallest absolute Gasteiger partial charge is 0.141 e. The zero-order chi connectivity index (χ0) is 7.40. The maximum atomic E-state index is 8.10. The highest BCUT2D eigenvalue weighted by Crippen LogP contribution is 2.06. The van der Waals surface area contributed by atoms with E-state index in [1.807, 2.05) is 0 Å². The summed E-state index contributed by atoms with van der Waals surface area (Å²) < 4.78 is 0. The summed E-state index contributed by atoms with van der Waals surface area (Å²) in [6.07, 6.45) is 3.94. The lowest BCUT2D eigenvalue weighted by atomic mass is 10.4. The highest BCUT2D eigenvalue weighted by molar-refractivity contribution is 6.31. The second-order valence-electron chi connectivity index (χ2n) is 1.51. The van der Waals surface area contributed by atoms with E-state index in [4.69, 9.17) is 16.8 Å². The van der Waals surface area contributed by atoms with E-state index >= 15 is 0 Å². The van der Waals surface area contributed by atoms with Crippen LogP contribution in [-0.4, -0.2) is 21.4 Å². The van der Waals surface area contributed by atoms with Crippen LogP contribution in [0.2, 0.25) is 5.15 Å². The van der Waals surface area contributed by atoms with E-state index in [1.54, 1.807) is 0 Å². The van der Waals surface area contributed by atoms with E-state index in [-0.39, 0.29) is 5.15 Å². The number of rotatable bonds is 1. The highest BCUT2D eigenvalue weighted by Gasteiger charge is 1.95. The van der Waals surface area contributed by atoms with Gasteiger partial charge in [0.1, 0.15) is 11.5 Å². The van der Waals surface area contributed by atoms with Crippen LogP contribution in [0.1, 0.15) is 5.56 Å². The molecule has 0 aliphatic carbocycles. The Bertz CT molecular complexity index is 250. The van der Waals surface area contributed by atoms with E-state index in [2.05, 4.69) is 15.1 Å². The first-order valence-corrected chi connectivity index (χ1v) is 2.85. The van der Waals surface area contributed by atoms with Gasteiger partial charge in [0.2, 0.25) is 0 Å². The zero-order valence-corrected chi connectivity index (χ0v) is 5.65. The van der Waals surface area contributed by atoms with Crippen molar-refractivity contribution in [1.29, 1.82) is 0 Å². The molecule has 0 amide bonds. The summed E-state index contributed by atoms with van der Waals surface area (Å²) in [4.78, 5) is 7.32. The van der Waals surface area contributed by atoms with Crippen molar-refractivity contribution in [3.63, 3.8) is 0 Å². The third kappa shape index (κ3) is 1.41. The van der Waals surface area contributed by atoms with Gasteiger partial charge in [-0.05, 0) is 0 Å². The summed E-state index contributed by atoms with van der Waals surface area (Å²) in [5.74, 6) is 0. The van der Waals surface area contributed by atoms with Crippen molar-refractivity contribution in [1.82, 2.24) is 9.97 Å². The van der Waals surface area contributed by atoms with Crippen LogP contribution >= 0.6 is 11.6 Å². The van der Waals surface area contributed by atoms with Crippen LogP contribution < -0.4 is 0 Å². The van der Waals surface area contributed by atoms with Crippen LogP contribution in [0.5, 0.6) is 0 Å². The van der Waals surface area contributed by atoms with Gasteiger partial charge in [-0.2, -0.15) is 0 Å². The van der Waals surface area contributed by atoms with Crippen LogP contribution in [-0.2, 0) is 0 Å². The average molecular weight is 158 g/mol. The Hall–Kier alpha value is -1.16. The van der Waals surface area contributed by atoms with Crippen LogP contribution in [0.25, 0.3) is 0 Å². The average Bonchev–Trinajstić information content (AvgIpc) is 1.94. The summed E-state index contributed by atoms with van der Waals surface area (Å²) in [5.41, 5.74) is 0.492. The predicted octanol–water partition coefficient (Wildman–Crippen LogP) is 0.938. The van der Waals surface area contributed by atoms with Gasteiger partial charge >= 0.3 is 0 Å². The summed E-state index contributed by atoms with van der Waals surface area (Å²) in [7, 11) is 0. The Balaban J connectivity index is 3.03. The minimum Gasteiger partial charge on any atom is -0.411 e. The quantitative estimate of drug-likeness (QED) is 0.286. The first kappa shape index (κ1) is 6.95. The molecule has 0 radical (unpaired) electrons. The number of oxime groups is 1. The second kappa shape index (κ2) is 3.12. The van der Waals surface area contributed by atoms with Gasteiger partial charge in [-0.15, -0.1) is 0 Å². The lowest BCUT2D eigenvalue weighted by Gasteiger charge is -1.90. The number of hydrogen-bond acceptors (Lipinski definition) is 4. The fourth-order valence-electron chi connectivity index (χ4n) is 0.474. The van der Waals surface area contributed by atoms with Gasteiger partial charge < -0.3 is 5.21 Å². The van der Waals surface area contributed by atoms with E-state index in [1.165, 1.54) is 18.7 Å². The minimum atomic E-state index is 0.271. The highest BCUT2D eigenvalue weighted by atomic mass is 35.5. The topological polar surface area (TPSA) is 58.4 Å². The molecule has 0 aromatic carbocycles. The third-order valence-corrected chi connectivity index (χ3v) is 1.20. The normalized spacial score (nSPS) is 10.5. The third-order valence-electron chi connectivity index (χ3n) is 0.886. The molecule has 0 bridgehead atoms. The van der Waals surface area contributed by atoms with Gasteiger partial charge in [0.25, 0.3) is 0 Å². The van der Waals surface area contributed by atoms with Crippen molar-refractivity contribution >= 4 is 17.8 Å². The van der Waals surface area contributed by atoms with Gasteiger partial charge in [0.05, 0.1) is 11.8 Å². The fraction of sp³-hybridized carbons (Fsp3) is 0. The standard InChI is InChI=1S/C5H4ClN3O/c6-5-4(2-9-10)1-7-3-8-5/h1-3,10H. The molecule has 52 valence electrons.